The lowest BCUT2D eigenvalue weighted by Crippen LogP contribution is -2.23. The van der Waals surface area contributed by atoms with Crippen molar-refractivity contribution in [2.75, 3.05) is 0 Å². The Labute approximate surface area is 111 Å². The number of fused-ring (bicyclic) bond motifs is 1. The summed E-state index contributed by atoms with van der Waals surface area (Å²) in [5, 5.41) is 11.2. The minimum Gasteiger partial charge on any atom is -0.424 e. The lowest BCUT2D eigenvalue weighted by molar-refractivity contribution is -0.142. The molecule has 0 radical (unpaired) electrons. The molecule has 0 aliphatic heterocycles. The Bertz CT molecular complexity index is 605. The number of nitrogens with two attached hydrogens (primary N) is 1. The highest BCUT2D eigenvalue weighted by Gasteiger charge is 2.17. The van der Waals surface area contributed by atoms with E-state index in [-0.39, 0.29) is 6.04 Å². The van der Waals surface area contributed by atoms with Crippen molar-refractivity contribution < 1.29 is 14.6 Å². The van der Waals surface area contributed by atoms with Gasteiger partial charge in [-0.2, -0.15) is 0 Å². The normalized spacial score (nSPS) is 14.1. The van der Waals surface area contributed by atoms with Gasteiger partial charge in [-0.3, -0.25) is 0 Å². The van der Waals surface area contributed by atoms with Crippen molar-refractivity contribution in [1.82, 2.24) is 0 Å². The first-order valence-electron chi connectivity index (χ1n) is 6.17. The van der Waals surface area contributed by atoms with Crippen LogP contribution in [0.5, 0.6) is 5.75 Å². The molecule has 2 aromatic carbocycles. The Kier molecular flexibility index (Phi) is 3.83. The maximum absolute atomic E-state index is 11.5. The first-order chi connectivity index (χ1) is 9.00. The van der Waals surface area contributed by atoms with Crippen molar-refractivity contribution in [3.63, 3.8) is 0 Å². The Morgan fingerprint density at radius 2 is 1.89 bits per heavy atom. The maximum Gasteiger partial charge on any atom is 0.340 e. The van der Waals surface area contributed by atoms with Gasteiger partial charge in [-0.05, 0) is 30.7 Å². The molecule has 0 aliphatic carbocycles. The van der Waals surface area contributed by atoms with Crippen LogP contribution in [0.15, 0.2) is 36.4 Å². The van der Waals surface area contributed by atoms with Gasteiger partial charge < -0.3 is 15.6 Å². The van der Waals surface area contributed by atoms with Crippen LogP contribution in [-0.4, -0.2) is 17.2 Å². The van der Waals surface area contributed by atoms with Crippen molar-refractivity contribution in [3.8, 4) is 5.75 Å². The summed E-state index contributed by atoms with van der Waals surface area (Å²) < 4.78 is 5.21. The predicted molar refractivity (Wildman–Crippen MR) is 73.9 cm³/mol. The topological polar surface area (TPSA) is 72.5 Å². The summed E-state index contributed by atoms with van der Waals surface area (Å²) in [7, 11) is 0. The number of benzene rings is 2. The molecule has 19 heavy (non-hydrogen) atoms. The summed E-state index contributed by atoms with van der Waals surface area (Å²) in [5.74, 6) is -0.281. The van der Waals surface area contributed by atoms with Crippen LogP contribution in [0, 0.1) is 0 Å². The van der Waals surface area contributed by atoms with E-state index in [4.69, 9.17) is 10.5 Å². The molecule has 4 nitrogen and oxygen atoms in total. The monoisotopic (exact) mass is 259 g/mol. The van der Waals surface area contributed by atoms with Crippen molar-refractivity contribution in [2.24, 2.45) is 5.73 Å². The van der Waals surface area contributed by atoms with Crippen molar-refractivity contribution in [2.45, 2.75) is 26.0 Å². The van der Waals surface area contributed by atoms with E-state index in [2.05, 4.69) is 0 Å². The average molecular weight is 259 g/mol. The molecule has 0 aromatic heterocycles. The molecular weight excluding hydrogens is 242 g/mol. The number of hydrogen-bond acceptors (Lipinski definition) is 4. The maximum atomic E-state index is 11.5. The highest BCUT2D eigenvalue weighted by molar-refractivity contribution is 5.89. The highest BCUT2D eigenvalue weighted by Crippen LogP contribution is 2.32. The van der Waals surface area contributed by atoms with E-state index in [1.165, 1.54) is 6.92 Å². The predicted octanol–water partition coefficient (Wildman–Crippen LogP) is 2.15. The standard InChI is InChI=1S/C15H17NO3/c1-9(16)14-12-6-4-3-5-11(12)7-8-13(14)19-15(18)10(2)17/h3-10,17H,16H2,1-2H3. The number of esters is 1. The average Bonchev–Trinajstić information content (AvgIpc) is 2.37. The van der Waals surface area contributed by atoms with Crippen LogP contribution in [0.3, 0.4) is 0 Å². The lowest BCUT2D eigenvalue weighted by Gasteiger charge is -2.16. The molecule has 0 saturated carbocycles. The first kappa shape index (κ1) is 13.5. The Morgan fingerprint density at radius 3 is 2.53 bits per heavy atom. The SMILES string of the molecule is CC(O)C(=O)Oc1ccc2ccccc2c1C(C)N. The molecule has 0 amide bonds. The van der Waals surface area contributed by atoms with Gasteiger partial charge >= 0.3 is 5.97 Å². The van der Waals surface area contributed by atoms with Crippen LogP contribution < -0.4 is 10.5 Å². The molecule has 0 aliphatic rings. The molecule has 4 heteroatoms. The minimum atomic E-state index is -1.16. The van der Waals surface area contributed by atoms with Gasteiger partial charge in [-0.25, -0.2) is 4.79 Å². The number of hydrogen-bond donors (Lipinski definition) is 2. The fourth-order valence-electron chi connectivity index (χ4n) is 2.03. The second-order valence-electron chi connectivity index (χ2n) is 4.58. The van der Waals surface area contributed by atoms with Gasteiger partial charge in [0.25, 0.3) is 0 Å². The third-order valence-corrected chi connectivity index (χ3v) is 2.94. The van der Waals surface area contributed by atoms with Crippen molar-refractivity contribution in [3.05, 3.63) is 42.0 Å². The number of rotatable bonds is 3. The summed E-state index contributed by atoms with van der Waals surface area (Å²) in [5.41, 5.74) is 6.75. The molecule has 0 bridgehead atoms. The summed E-state index contributed by atoms with van der Waals surface area (Å²) in [4.78, 5) is 11.5. The van der Waals surface area contributed by atoms with Crippen LogP contribution in [-0.2, 0) is 4.79 Å². The van der Waals surface area contributed by atoms with Gasteiger partial charge in [0.15, 0.2) is 0 Å². The van der Waals surface area contributed by atoms with Crippen molar-refractivity contribution in [1.29, 1.82) is 0 Å². The Balaban J connectivity index is 2.55. The zero-order valence-corrected chi connectivity index (χ0v) is 11.0. The number of aliphatic hydroxyl groups is 1. The van der Waals surface area contributed by atoms with Crippen LogP contribution in [0.4, 0.5) is 0 Å². The number of carbonyl (C=O) groups excluding carboxylic acids is 1. The van der Waals surface area contributed by atoms with Gasteiger partial charge in [-0.15, -0.1) is 0 Å². The van der Waals surface area contributed by atoms with E-state index < -0.39 is 12.1 Å². The van der Waals surface area contributed by atoms with Crippen LogP contribution in [0.2, 0.25) is 0 Å². The second-order valence-corrected chi connectivity index (χ2v) is 4.58. The largest absolute Gasteiger partial charge is 0.424 e. The Morgan fingerprint density at radius 1 is 1.21 bits per heavy atom. The highest BCUT2D eigenvalue weighted by atomic mass is 16.5. The molecule has 2 aromatic rings. The molecule has 0 spiro atoms. The fraction of sp³-hybridized carbons (Fsp3) is 0.267. The molecule has 0 saturated heterocycles. The van der Waals surface area contributed by atoms with Gasteiger partial charge in [-0.1, -0.05) is 30.3 Å². The van der Waals surface area contributed by atoms with E-state index in [0.717, 1.165) is 16.3 Å². The third kappa shape index (κ3) is 2.75. The summed E-state index contributed by atoms with van der Waals surface area (Å²) in [6, 6.07) is 11.1. The first-order valence-corrected chi connectivity index (χ1v) is 6.17. The number of carbonyl (C=O) groups is 1. The van der Waals surface area contributed by atoms with Gasteiger partial charge in [0.05, 0.1) is 0 Å². The summed E-state index contributed by atoms with van der Waals surface area (Å²) >= 11 is 0. The van der Waals surface area contributed by atoms with Crippen molar-refractivity contribution >= 4 is 16.7 Å². The molecule has 0 heterocycles. The minimum absolute atomic E-state index is 0.275. The number of ether oxygens (including phenoxy) is 1. The molecule has 2 rings (SSSR count). The second kappa shape index (κ2) is 5.38. The van der Waals surface area contributed by atoms with Crippen LogP contribution >= 0.6 is 0 Å². The van der Waals surface area contributed by atoms with Crippen LogP contribution in [0.1, 0.15) is 25.5 Å². The zero-order chi connectivity index (χ0) is 14.0. The summed E-state index contributed by atoms with van der Waals surface area (Å²) in [6.07, 6.45) is -1.16. The van der Waals surface area contributed by atoms with E-state index in [0.29, 0.717) is 5.75 Å². The van der Waals surface area contributed by atoms with Gasteiger partial charge in [0, 0.05) is 11.6 Å². The van der Waals surface area contributed by atoms with E-state index >= 15 is 0 Å². The molecule has 0 fully saturated rings. The quantitative estimate of drug-likeness (QED) is 0.654. The van der Waals surface area contributed by atoms with Gasteiger partial charge in [0.2, 0.25) is 0 Å². The van der Waals surface area contributed by atoms with E-state index in [1.54, 1.807) is 6.07 Å². The number of aliphatic hydroxyl groups excluding tert-OH is 1. The molecule has 2 atom stereocenters. The molecular formula is C15H17NO3. The van der Waals surface area contributed by atoms with E-state index in [1.807, 2.05) is 37.3 Å². The van der Waals surface area contributed by atoms with Gasteiger partial charge in [0.1, 0.15) is 11.9 Å². The molecule has 100 valence electrons. The zero-order valence-electron chi connectivity index (χ0n) is 11.0. The Hall–Kier alpha value is -1.91. The molecule has 3 N–H and O–H groups in total. The van der Waals surface area contributed by atoms with E-state index in [9.17, 15) is 9.90 Å². The third-order valence-electron chi connectivity index (χ3n) is 2.94. The summed E-state index contributed by atoms with van der Waals surface area (Å²) in [6.45, 7) is 3.20. The van der Waals surface area contributed by atoms with Crippen LogP contribution in [0.25, 0.3) is 10.8 Å². The lowest BCUT2D eigenvalue weighted by atomic mass is 9.99. The molecule has 2 unspecified atom stereocenters. The smallest absolute Gasteiger partial charge is 0.340 e. The fourth-order valence-corrected chi connectivity index (χ4v) is 2.03.